The number of benzene rings is 2. The Kier molecular flexibility index (Phi) is 4.84. The first-order valence-corrected chi connectivity index (χ1v) is 8.00. The third-order valence-electron chi connectivity index (χ3n) is 3.92. The lowest BCUT2D eigenvalue weighted by Gasteiger charge is -2.09. The summed E-state index contributed by atoms with van der Waals surface area (Å²) in [5.41, 5.74) is 7.99. The van der Waals surface area contributed by atoms with E-state index < -0.39 is 0 Å². The summed E-state index contributed by atoms with van der Waals surface area (Å²) in [4.78, 5) is 4.56. The smallest absolute Gasteiger partial charge is 0.131 e. The molecule has 5 heteroatoms. The van der Waals surface area contributed by atoms with Crippen molar-refractivity contribution in [2.75, 3.05) is 19.6 Å². The van der Waals surface area contributed by atoms with Crippen molar-refractivity contribution >= 4 is 22.8 Å². The van der Waals surface area contributed by atoms with Gasteiger partial charge in [-0.3, -0.25) is 10.4 Å². The van der Waals surface area contributed by atoms with Crippen LogP contribution in [-0.2, 0) is 0 Å². The number of nitrogens with zero attached hydrogens (tertiary/aromatic N) is 2. The molecule has 2 aromatic carbocycles. The Morgan fingerprint density at radius 2 is 1.84 bits per heavy atom. The van der Waals surface area contributed by atoms with E-state index in [0.29, 0.717) is 5.75 Å². The molecular formula is C20H21N3O2. The molecule has 0 unspecified atom stereocenters. The fraction of sp³-hybridized carbons (Fsp3) is 0.200. The highest BCUT2D eigenvalue weighted by atomic mass is 16.5. The summed E-state index contributed by atoms with van der Waals surface area (Å²) in [6, 6.07) is 13.8. The Labute approximate surface area is 147 Å². The molecule has 1 heterocycles. The minimum absolute atomic E-state index is 0.705. The van der Waals surface area contributed by atoms with Crippen LogP contribution in [0.2, 0.25) is 0 Å². The summed E-state index contributed by atoms with van der Waals surface area (Å²) in [6.45, 7) is 4.04. The largest absolute Gasteiger partial charge is 0.497 e. The Balaban J connectivity index is 1.90. The lowest BCUT2D eigenvalue weighted by Crippen LogP contribution is -1.97. The van der Waals surface area contributed by atoms with Gasteiger partial charge < -0.3 is 9.47 Å². The van der Waals surface area contributed by atoms with Gasteiger partial charge in [0.15, 0.2) is 0 Å². The van der Waals surface area contributed by atoms with Gasteiger partial charge in [0.2, 0.25) is 0 Å². The summed E-state index contributed by atoms with van der Waals surface area (Å²) >= 11 is 0. The zero-order chi connectivity index (χ0) is 17.8. The van der Waals surface area contributed by atoms with Crippen LogP contribution in [-0.4, -0.2) is 25.4 Å². The van der Waals surface area contributed by atoms with Gasteiger partial charge in [0, 0.05) is 22.7 Å². The number of anilines is 1. The Bertz CT molecular complexity index is 936. The molecule has 0 saturated heterocycles. The molecule has 0 aliphatic rings. The number of aryl methyl sites for hydroxylation is 2. The third kappa shape index (κ3) is 3.71. The fourth-order valence-corrected chi connectivity index (χ4v) is 2.66. The maximum atomic E-state index is 5.39. The average molecular weight is 335 g/mol. The summed E-state index contributed by atoms with van der Waals surface area (Å²) in [5.74, 6) is 1.45. The van der Waals surface area contributed by atoms with Crippen LogP contribution in [0.5, 0.6) is 11.5 Å². The van der Waals surface area contributed by atoms with Crippen LogP contribution in [0.3, 0.4) is 0 Å². The second kappa shape index (κ2) is 7.21. The normalized spacial score (nSPS) is 11.0. The molecule has 0 aliphatic heterocycles. The standard InChI is InChI=1S/C20H21N3O2/c1-13-5-8-18-17(9-13)19(10-14(2)22-18)23-21-12-15-6-7-16(24-3)11-20(15)25-4/h5-12H,1-4H3,(H,22,23)/b21-12+. The molecule has 0 spiro atoms. The SMILES string of the molecule is COc1ccc(/C=N/Nc2cc(C)nc3ccc(C)cc23)c(OC)c1. The molecule has 3 aromatic rings. The van der Waals surface area contributed by atoms with E-state index in [-0.39, 0.29) is 0 Å². The number of hydrazone groups is 1. The minimum atomic E-state index is 0.705. The molecular weight excluding hydrogens is 314 g/mol. The monoisotopic (exact) mass is 335 g/mol. The van der Waals surface area contributed by atoms with E-state index >= 15 is 0 Å². The number of hydrogen-bond acceptors (Lipinski definition) is 5. The average Bonchev–Trinajstić information content (AvgIpc) is 2.62. The molecule has 5 nitrogen and oxygen atoms in total. The molecule has 1 aromatic heterocycles. The van der Waals surface area contributed by atoms with Gasteiger partial charge in [-0.2, -0.15) is 5.10 Å². The maximum Gasteiger partial charge on any atom is 0.131 e. The van der Waals surface area contributed by atoms with Crippen LogP contribution in [0, 0.1) is 13.8 Å². The van der Waals surface area contributed by atoms with Crippen LogP contribution in [0.25, 0.3) is 10.9 Å². The lowest BCUT2D eigenvalue weighted by molar-refractivity contribution is 0.394. The summed E-state index contributed by atoms with van der Waals surface area (Å²) in [7, 11) is 3.25. The summed E-state index contributed by atoms with van der Waals surface area (Å²) in [6.07, 6.45) is 1.73. The van der Waals surface area contributed by atoms with E-state index in [1.54, 1.807) is 20.4 Å². The second-order valence-electron chi connectivity index (χ2n) is 5.81. The first kappa shape index (κ1) is 16.8. The summed E-state index contributed by atoms with van der Waals surface area (Å²) in [5, 5.41) is 5.42. The van der Waals surface area contributed by atoms with Crippen molar-refractivity contribution in [3.63, 3.8) is 0 Å². The molecule has 3 rings (SSSR count). The molecule has 128 valence electrons. The van der Waals surface area contributed by atoms with Gasteiger partial charge >= 0.3 is 0 Å². The van der Waals surface area contributed by atoms with Crippen LogP contribution in [0.4, 0.5) is 5.69 Å². The molecule has 0 bridgehead atoms. The number of ether oxygens (including phenoxy) is 2. The quantitative estimate of drug-likeness (QED) is 0.557. The van der Waals surface area contributed by atoms with Crippen LogP contribution in [0.1, 0.15) is 16.8 Å². The highest BCUT2D eigenvalue weighted by Gasteiger charge is 2.05. The Hall–Kier alpha value is -3.08. The number of rotatable bonds is 5. The molecule has 0 fully saturated rings. The zero-order valence-corrected chi connectivity index (χ0v) is 14.8. The first-order chi connectivity index (χ1) is 12.1. The maximum absolute atomic E-state index is 5.39. The van der Waals surface area contributed by atoms with Crippen LogP contribution >= 0.6 is 0 Å². The molecule has 1 N–H and O–H groups in total. The van der Waals surface area contributed by atoms with E-state index in [9.17, 15) is 0 Å². The molecule has 0 saturated carbocycles. The number of aromatic nitrogens is 1. The topological polar surface area (TPSA) is 55.7 Å². The van der Waals surface area contributed by atoms with Crippen molar-refractivity contribution in [3.05, 3.63) is 59.3 Å². The molecule has 0 aliphatic carbocycles. The van der Waals surface area contributed by atoms with E-state index in [0.717, 1.165) is 33.6 Å². The molecule has 0 amide bonds. The lowest BCUT2D eigenvalue weighted by atomic mass is 10.1. The highest BCUT2D eigenvalue weighted by Crippen LogP contribution is 2.25. The van der Waals surface area contributed by atoms with Gasteiger partial charge in [0.25, 0.3) is 0 Å². The van der Waals surface area contributed by atoms with Gasteiger partial charge in [-0.1, -0.05) is 11.6 Å². The van der Waals surface area contributed by atoms with Gasteiger partial charge in [0.1, 0.15) is 11.5 Å². The highest BCUT2D eigenvalue weighted by molar-refractivity contribution is 5.92. The van der Waals surface area contributed by atoms with Gasteiger partial charge in [-0.05, 0) is 44.2 Å². The number of fused-ring (bicyclic) bond motifs is 1. The van der Waals surface area contributed by atoms with Gasteiger partial charge in [-0.15, -0.1) is 0 Å². The predicted octanol–water partition coefficient (Wildman–Crippen LogP) is 4.31. The number of hydrogen-bond donors (Lipinski definition) is 1. The van der Waals surface area contributed by atoms with Crippen molar-refractivity contribution < 1.29 is 9.47 Å². The third-order valence-corrected chi connectivity index (χ3v) is 3.92. The van der Waals surface area contributed by atoms with Crippen LogP contribution in [0.15, 0.2) is 47.6 Å². The van der Waals surface area contributed by atoms with Gasteiger partial charge in [0.05, 0.1) is 31.6 Å². The van der Waals surface area contributed by atoms with Crippen molar-refractivity contribution in [3.8, 4) is 11.5 Å². The van der Waals surface area contributed by atoms with E-state index in [1.165, 1.54) is 5.56 Å². The van der Waals surface area contributed by atoms with Crippen molar-refractivity contribution in [1.29, 1.82) is 0 Å². The zero-order valence-electron chi connectivity index (χ0n) is 14.8. The number of pyridine rings is 1. The van der Waals surface area contributed by atoms with Crippen molar-refractivity contribution in [2.45, 2.75) is 13.8 Å². The first-order valence-electron chi connectivity index (χ1n) is 8.00. The van der Waals surface area contributed by atoms with Crippen LogP contribution < -0.4 is 14.9 Å². The Morgan fingerprint density at radius 1 is 1.00 bits per heavy atom. The summed E-state index contributed by atoms with van der Waals surface area (Å²) < 4.78 is 10.6. The Morgan fingerprint density at radius 3 is 2.60 bits per heavy atom. The number of methoxy groups -OCH3 is 2. The predicted molar refractivity (Wildman–Crippen MR) is 102 cm³/mol. The second-order valence-corrected chi connectivity index (χ2v) is 5.81. The fourth-order valence-electron chi connectivity index (χ4n) is 2.66. The van der Waals surface area contributed by atoms with Gasteiger partial charge in [-0.25, -0.2) is 0 Å². The van der Waals surface area contributed by atoms with Crippen molar-refractivity contribution in [1.82, 2.24) is 4.98 Å². The van der Waals surface area contributed by atoms with E-state index in [2.05, 4.69) is 34.6 Å². The minimum Gasteiger partial charge on any atom is -0.497 e. The van der Waals surface area contributed by atoms with E-state index in [1.807, 2.05) is 37.3 Å². The molecule has 0 atom stereocenters. The van der Waals surface area contributed by atoms with E-state index in [4.69, 9.17) is 9.47 Å². The molecule has 25 heavy (non-hydrogen) atoms. The van der Waals surface area contributed by atoms with Crippen molar-refractivity contribution in [2.24, 2.45) is 5.10 Å². The molecule has 0 radical (unpaired) electrons. The number of nitrogens with one attached hydrogen (secondary N) is 1.